The summed E-state index contributed by atoms with van der Waals surface area (Å²) in [6.07, 6.45) is 6.05. The number of halogens is 1. The van der Waals surface area contributed by atoms with Gasteiger partial charge in [-0.25, -0.2) is 9.37 Å². The Bertz CT molecular complexity index is 383. The molecule has 0 saturated heterocycles. The smallest absolute Gasteiger partial charge is 0.250 e. The number of pyridine rings is 1. The first-order valence-electron chi connectivity index (χ1n) is 7.62. The van der Waals surface area contributed by atoms with Crippen molar-refractivity contribution in [2.24, 2.45) is 5.92 Å². The van der Waals surface area contributed by atoms with E-state index in [1.54, 1.807) is 12.3 Å². The van der Waals surface area contributed by atoms with Crippen LogP contribution in [0.25, 0.3) is 0 Å². The van der Waals surface area contributed by atoms with Crippen molar-refractivity contribution in [3.05, 3.63) is 23.6 Å². The first-order chi connectivity index (χ1) is 9.65. The summed E-state index contributed by atoms with van der Waals surface area (Å²) in [4.78, 5) is 3.97. The lowest BCUT2D eigenvalue weighted by Crippen LogP contribution is -2.20. The van der Waals surface area contributed by atoms with E-state index in [-0.39, 0.29) is 11.7 Å². The molecule has 0 aromatic carbocycles. The molecular weight excluding hydrogens is 255 g/mol. The average Bonchev–Trinajstić information content (AvgIpc) is 2.41. The van der Waals surface area contributed by atoms with E-state index in [9.17, 15) is 4.39 Å². The Labute approximate surface area is 121 Å². The summed E-state index contributed by atoms with van der Waals surface area (Å²) in [5, 5.41) is 3.23. The zero-order chi connectivity index (χ0) is 14.8. The molecule has 0 spiro atoms. The third kappa shape index (κ3) is 6.33. The number of nitrogens with zero attached hydrogens (tertiary/aromatic N) is 1. The van der Waals surface area contributed by atoms with Crippen LogP contribution in [0.4, 0.5) is 4.39 Å². The molecule has 4 heteroatoms. The van der Waals surface area contributed by atoms with Crippen molar-refractivity contribution in [1.82, 2.24) is 10.3 Å². The van der Waals surface area contributed by atoms with Gasteiger partial charge in [-0.05, 0) is 24.9 Å². The predicted octanol–water partition coefficient (Wildman–Crippen LogP) is 3.93. The van der Waals surface area contributed by atoms with Gasteiger partial charge in [-0.1, -0.05) is 40.0 Å². The Kier molecular flexibility index (Phi) is 8.19. The summed E-state index contributed by atoms with van der Waals surface area (Å²) in [6.45, 7) is 8.33. The minimum atomic E-state index is -0.334. The Morgan fingerprint density at radius 2 is 2.10 bits per heavy atom. The minimum Gasteiger partial charge on any atom is -0.476 e. The second-order valence-electron chi connectivity index (χ2n) is 5.52. The number of ether oxygens (including phenoxy) is 1. The van der Waals surface area contributed by atoms with E-state index in [4.69, 9.17) is 4.74 Å². The van der Waals surface area contributed by atoms with E-state index < -0.39 is 0 Å². The third-order valence-electron chi connectivity index (χ3n) is 3.04. The van der Waals surface area contributed by atoms with Gasteiger partial charge in [0.05, 0.1) is 6.61 Å². The molecule has 1 N–H and O–H groups in total. The highest BCUT2D eigenvalue weighted by molar-refractivity contribution is 5.23. The van der Waals surface area contributed by atoms with Crippen LogP contribution < -0.4 is 10.1 Å². The number of unbranched alkanes of at least 4 members (excludes halogenated alkanes) is 3. The van der Waals surface area contributed by atoms with Gasteiger partial charge in [-0.3, -0.25) is 0 Å². The fourth-order valence-electron chi connectivity index (χ4n) is 1.89. The molecule has 0 aliphatic rings. The van der Waals surface area contributed by atoms with Crippen LogP contribution in [-0.2, 0) is 6.54 Å². The fraction of sp³-hybridized carbons (Fsp3) is 0.688. The first kappa shape index (κ1) is 16.9. The van der Waals surface area contributed by atoms with Gasteiger partial charge >= 0.3 is 0 Å². The highest BCUT2D eigenvalue weighted by Gasteiger charge is 2.10. The lowest BCUT2D eigenvalue weighted by Gasteiger charge is -2.11. The van der Waals surface area contributed by atoms with Crippen LogP contribution in [0.2, 0.25) is 0 Å². The maximum Gasteiger partial charge on any atom is 0.250 e. The lowest BCUT2D eigenvalue weighted by atomic mass is 10.2. The van der Waals surface area contributed by atoms with E-state index >= 15 is 0 Å². The molecule has 0 aliphatic carbocycles. The van der Waals surface area contributed by atoms with E-state index in [1.807, 2.05) is 0 Å². The summed E-state index contributed by atoms with van der Waals surface area (Å²) < 4.78 is 19.6. The van der Waals surface area contributed by atoms with Crippen molar-refractivity contribution >= 4 is 0 Å². The molecule has 1 rings (SSSR count). The number of nitrogens with one attached hydrogen (secondary N) is 1. The van der Waals surface area contributed by atoms with Crippen LogP contribution in [0.3, 0.4) is 0 Å². The molecule has 1 heterocycles. The van der Waals surface area contributed by atoms with E-state index in [0.717, 1.165) is 19.4 Å². The van der Waals surface area contributed by atoms with Gasteiger partial charge in [0.25, 0.3) is 5.88 Å². The van der Waals surface area contributed by atoms with Crippen LogP contribution in [0.5, 0.6) is 5.88 Å². The van der Waals surface area contributed by atoms with Gasteiger partial charge in [0.15, 0.2) is 5.82 Å². The molecule has 114 valence electrons. The number of hydrogen-bond donors (Lipinski definition) is 1. The van der Waals surface area contributed by atoms with E-state index in [0.29, 0.717) is 24.6 Å². The third-order valence-corrected chi connectivity index (χ3v) is 3.04. The predicted molar refractivity (Wildman–Crippen MR) is 80.4 cm³/mol. The van der Waals surface area contributed by atoms with Crippen molar-refractivity contribution in [2.75, 3.05) is 13.2 Å². The average molecular weight is 282 g/mol. The van der Waals surface area contributed by atoms with Crippen LogP contribution in [0.1, 0.15) is 52.0 Å². The normalized spacial score (nSPS) is 11.1. The van der Waals surface area contributed by atoms with Crippen LogP contribution in [-0.4, -0.2) is 18.1 Å². The largest absolute Gasteiger partial charge is 0.476 e. The Morgan fingerprint density at radius 3 is 2.80 bits per heavy atom. The number of aromatic nitrogens is 1. The molecule has 0 amide bonds. The SMILES string of the molecule is CCCCCCOc1nccc(CNCC(C)C)c1F. The molecule has 0 unspecified atom stereocenters. The molecule has 3 nitrogen and oxygen atoms in total. The van der Waals surface area contributed by atoms with Gasteiger partial charge < -0.3 is 10.1 Å². The Balaban J connectivity index is 2.43. The Hall–Kier alpha value is -1.16. The van der Waals surface area contributed by atoms with Crippen molar-refractivity contribution < 1.29 is 9.13 Å². The standard InChI is InChI=1S/C16H27FN2O/c1-4-5-6-7-10-20-16-15(17)14(8-9-19-16)12-18-11-13(2)3/h8-9,13,18H,4-7,10-12H2,1-3H3. The topological polar surface area (TPSA) is 34.1 Å². The van der Waals surface area contributed by atoms with Gasteiger partial charge in [0, 0.05) is 18.3 Å². The quantitative estimate of drug-likeness (QED) is 0.660. The molecule has 0 bridgehead atoms. The second-order valence-corrected chi connectivity index (χ2v) is 5.52. The van der Waals surface area contributed by atoms with E-state index in [1.165, 1.54) is 12.8 Å². The molecule has 0 atom stereocenters. The summed E-state index contributed by atoms with van der Waals surface area (Å²) in [6, 6.07) is 1.70. The zero-order valence-electron chi connectivity index (χ0n) is 12.9. The van der Waals surface area contributed by atoms with E-state index in [2.05, 4.69) is 31.1 Å². The fourth-order valence-corrected chi connectivity index (χ4v) is 1.89. The first-order valence-corrected chi connectivity index (χ1v) is 7.62. The van der Waals surface area contributed by atoms with Crippen LogP contribution in [0.15, 0.2) is 12.3 Å². The minimum absolute atomic E-state index is 0.130. The molecular formula is C16H27FN2O. The molecule has 0 saturated carbocycles. The Morgan fingerprint density at radius 1 is 1.30 bits per heavy atom. The maximum atomic E-state index is 14.1. The molecule has 1 aromatic heterocycles. The summed E-state index contributed by atoms with van der Waals surface area (Å²) in [7, 11) is 0. The van der Waals surface area contributed by atoms with Gasteiger partial charge in [0.1, 0.15) is 0 Å². The number of rotatable bonds is 10. The van der Waals surface area contributed by atoms with Crippen molar-refractivity contribution in [1.29, 1.82) is 0 Å². The van der Waals surface area contributed by atoms with Gasteiger partial charge in [0.2, 0.25) is 0 Å². The highest BCUT2D eigenvalue weighted by Crippen LogP contribution is 2.17. The molecule has 0 aliphatic heterocycles. The second kappa shape index (κ2) is 9.70. The summed E-state index contributed by atoms with van der Waals surface area (Å²) in [5.74, 6) is 0.346. The lowest BCUT2D eigenvalue weighted by molar-refractivity contribution is 0.277. The molecule has 0 fully saturated rings. The van der Waals surface area contributed by atoms with Gasteiger partial charge in [-0.15, -0.1) is 0 Å². The maximum absolute atomic E-state index is 14.1. The van der Waals surface area contributed by atoms with Gasteiger partial charge in [-0.2, -0.15) is 0 Å². The molecule has 20 heavy (non-hydrogen) atoms. The molecule has 1 aromatic rings. The zero-order valence-corrected chi connectivity index (χ0v) is 12.9. The van der Waals surface area contributed by atoms with Crippen molar-refractivity contribution in [3.63, 3.8) is 0 Å². The molecule has 0 radical (unpaired) electrons. The monoisotopic (exact) mass is 282 g/mol. The number of hydrogen-bond acceptors (Lipinski definition) is 3. The highest BCUT2D eigenvalue weighted by atomic mass is 19.1. The summed E-state index contributed by atoms with van der Waals surface area (Å²) >= 11 is 0. The van der Waals surface area contributed by atoms with Crippen LogP contribution in [0, 0.1) is 11.7 Å². The van der Waals surface area contributed by atoms with Crippen LogP contribution >= 0.6 is 0 Å². The van der Waals surface area contributed by atoms with Crippen molar-refractivity contribution in [3.8, 4) is 5.88 Å². The van der Waals surface area contributed by atoms with Crippen molar-refractivity contribution in [2.45, 2.75) is 53.0 Å². The summed E-state index contributed by atoms with van der Waals surface area (Å²) in [5.41, 5.74) is 0.615.